The smallest absolute Gasteiger partial charge is 0.321 e. The fourth-order valence-electron chi connectivity index (χ4n) is 3.08. The minimum Gasteiger partial charge on any atom is -0.392 e. The number of aliphatic hydroxyl groups excluding tert-OH is 1. The maximum absolute atomic E-state index is 13.2. The topological polar surface area (TPSA) is 52.6 Å². The number of rotatable bonds is 3. The van der Waals surface area contributed by atoms with Crippen molar-refractivity contribution in [1.82, 2.24) is 4.90 Å². The summed E-state index contributed by atoms with van der Waals surface area (Å²) in [6.07, 6.45) is 1.80. The number of aliphatic hydroxyl groups is 1. The number of likely N-dealkylation sites (tertiary alicyclic amines) is 1. The van der Waals surface area contributed by atoms with Crippen LogP contribution in [0.3, 0.4) is 0 Å². The molecule has 0 aromatic heterocycles. The van der Waals surface area contributed by atoms with Crippen molar-refractivity contribution in [3.63, 3.8) is 0 Å². The minimum atomic E-state index is -0.363. The summed E-state index contributed by atoms with van der Waals surface area (Å²) in [4.78, 5) is 14.0. The van der Waals surface area contributed by atoms with Gasteiger partial charge in [0, 0.05) is 18.8 Å². The first kappa shape index (κ1) is 16.5. The highest BCUT2D eigenvalue weighted by Gasteiger charge is 2.23. The Morgan fingerprint density at radius 2 is 1.88 bits per heavy atom. The molecular weight excluding hydrogens is 307 g/mol. The Hall–Kier alpha value is -2.40. The highest BCUT2D eigenvalue weighted by atomic mass is 19.1. The van der Waals surface area contributed by atoms with Crippen molar-refractivity contribution in [2.45, 2.75) is 25.4 Å². The van der Waals surface area contributed by atoms with Crippen LogP contribution < -0.4 is 5.32 Å². The van der Waals surface area contributed by atoms with Crippen molar-refractivity contribution in [1.29, 1.82) is 0 Å². The molecule has 24 heavy (non-hydrogen) atoms. The van der Waals surface area contributed by atoms with E-state index >= 15 is 0 Å². The average Bonchev–Trinajstić information content (AvgIpc) is 2.62. The molecule has 5 heteroatoms. The number of urea groups is 1. The molecule has 2 N–H and O–H groups in total. The molecule has 2 amide bonds. The number of hydrogen-bond acceptors (Lipinski definition) is 2. The Morgan fingerprint density at radius 1 is 1.17 bits per heavy atom. The third kappa shape index (κ3) is 3.92. The quantitative estimate of drug-likeness (QED) is 0.902. The highest BCUT2D eigenvalue weighted by molar-refractivity contribution is 5.89. The molecular formula is C19H21FN2O2. The zero-order valence-electron chi connectivity index (χ0n) is 13.4. The SMILES string of the molecule is O=C(Nc1cccc(F)c1)N1CCC(c2ccc(CO)cc2)CC1. The van der Waals surface area contributed by atoms with Crippen LogP contribution in [0.5, 0.6) is 0 Å². The van der Waals surface area contributed by atoms with Crippen LogP contribution in [0.2, 0.25) is 0 Å². The molecule has 2 aromatic carbocycles. The molecule has 0 saturated carbocycles. The first-order valence-electron chi connectivity index (χ1n) is 8.17. The number of amides is 2. The van der Waals surface area contributed by atoms with Gasteiger partial charge in [-0.25, -0.2) is 9.18 Å². The largest absolute Gasteiger partial charge is 0.392 e. The molecule has 0 atom stereocenters. The van der Waals surface area contributed by atoms with Gasteiger partial charge in [0.2, 0.25) is 0 Å². The summed E-state index contributed by atoms with van der Waals surface area (Å²) >= 11 is 0. The van der Waals surface area contributed by atoms with Crippen molar-refractivity contribution in [3.8, 4) is 0 Å². The first-order valence-corrected chi connectivity index (χ1v) is 8.17. The lowest BCUT2D eigenvalue weighted by molar-refractivity contribution is 0.194. The van der Waals surface area contributed by atoms with Gasteiger partial charge in [-0.05, 0) is 48.1 Å². The molecule has 0 spiro atoms. The van der Waals surface area contributed by atoms with Crippen molar-refractivity contribution in [2.75, 3.05) is 18.4 Å². The predicted octanol–water partition coefficient (Wildman–Crippen LogP) is 3.73. The molecule has 1 aliphatic heterocycles. The van der Waals surface area contributed by atoms with E-state index in [-0.39, 0.29) is 18.5 Å². The van der Waals surface area contributed by atoms with Crippen LogP contribution in [0.4, 0.5) is 14.9 Å². The van der Waals surface area contributed by atoms with E-state index in [9.17, 15) is 9.18 Å². The molecule has 126 valence electrons. The van der Waals surface area contributed by atoms with Gasteiger partial charge in [-0.3, -0.25) is 0 Å². The summed E-state index contributed by atoms with van der Waals surface area (Å²) in [5.74, 6) is 0.0637. The standard InChI is InChI=1S/C19H21FN2O2/c20-17-2-1-3-18(12-17)21-19(24)22-10-8-16(9-11-22)15-6-4-14(13-23)5-7-15/h1-7,12,16,23H,8-11,13H2,(H,21,24). The molecule has 0 radical (unpaired) electrons. The van der Waals surface area contributed by atoms with Gasteiger partial charge in [-0.1, -0.05) is 30.3 Å². The van der Waals surface area contributed by atoms with Crippen LogP contribution in [0, 0.1) is 5.82 Å². The fraction of sp³-hybridized carbons (Fsp3) is 0.316. The average molecular weight is 328 g/mol. The van der Waals surface area contributed by atoms with Crippen LogP contribution >= 0.6 is 0 Å². The number of halogens is 1. The molecule has 1 saturated heterocycles. The monoisotopic (exact) mass is 328 g/mol. The number of nitrogens with zero attached hydrogens (tertiary/aromatic N) is 1. The summed E-state index contributed by atoms with van der Waals surface area (Å²) in [6.45, 7) is 1.40. The highest BCUT2D eigenvalue weighted by Crippen LogP contribution is 2.28. The normalized spacial score (nSPS) is 15.3. The van der Waals surface area contributed by atoms with Crippen molar-refractivity contribution >= 4 is 11.7 Å². The first-order chi connectivity index (χ1) is 11.7. The van der Waals surface area contributed by atoms with E-state index in [1.807, 2.05) is 12.1 Å². The third-order valence-corrected chi connectivity index (χ3v) is 4.49. The van der Waals surface area contributed by atoms with E-state index in [0.717, 1.165) is 18.4 Å². The number of nitrogens with one attached hydrogen (secondary N) is 1. The van der Waals surface area contributed by atoms with E-state index < -0.39 is 0 Å². The summed E-state index contributed by atoms with van der Waals surface area (Å²) in [5.41, 5.74) is 2.63. The Morgan fingerprint density at radius 3 is 2.50 bits per heavy atom. The maximum Gasteiger partial charge on any atom is 0.321 e. The van der Waals surface area contributed by atoms with Crippen molar-refractivity contribution in [3.05, 3.63) is 65.5 Å². The van der Waals surface area contributed by atoms with Gasteiger partial charge in [0.1, 0.15) is 5.82 Å². The molecule has 3 rings (SSSR count). The number of benzene rings is 2. The Balaban J connectivity index is 1.55. The zero-order chi connectivity index (χ0) is 16.9. The zero-order valence-corrected chi connectivity index (χ0v) is 13.4. The molecule has 4 nitrogen and oxygen atoms in total. The lowest BCUT2D eigenvalue weighted by Crippen LogP contribution is -2.40. The second-order valence-corrected chi connectivity index (χ2v) is 6.10. The molecule has 1 aliphatic rings. The molecule has 0 unspecified atom stereocenters. The Bertz CT molecular complexity index is 695. The van der Waals surface area contributed by atoms with Crippen molar-refractivity contribution < 1.29 is 14.3 Å². The predicted molar refractivity (Wildman–Crippen MR) is 91.3 cm³/mol. The van der Waals surface area contributed by atoms with Crippen LogP contribution in [0.1, 0.15) is 29.9 Å². The van der Waals surface area contributed by atoms with Gasteiger partial charge in [-0.2, -0.15) is 0 Å². The lowest BCUT2D eigenvalue weighted by Gasteiger charge is -2.32. The molecule has 0 aliphatic carbocycles. The second kappa shape index (κ2) is 7.45. The number of carbonyl (C=O) groups excluding carboxylic acids is 1. The van der Waals surface area contributed by atoms with Crippen molar-refractivity contribution in [2.24, 2.45) is 0 Å². The van der Waals surface area contributed by atoms with Gasteiger partial charge in [0.05, 0.1) is 6.61 Å². The van der Waals surface area contributed by atoms with E-state index in [2.05, 4.69) is 17.4 Å². The second-order valence-electron chi connectivity index (χ2n) is 6.10. The van der Waals surface area contributed by atoms with Crippen LogP contribution in [0.15, 0.2) is 48.5 Å². The Kier molecular flexibility index (Phi) is 5.11. The van der Waals surface area contributed by atoms with E-state index in [4.69, 9.17) is 5.11 Å². The van der Waals surface area contributed by atoms with Gasteiger partial charge in [0.15, 0.2) is 0 Å². The van der Waals surface area contributed by atoms with E-state index in [1.54, 1.807) is 17.0 Å². The summed E-state index contributed by atoms with van der Waals surface area (Å²) in [5, 5.41) is 11.8. The molecule has 0 bridgehead atoms. The number of carbonyl (C=O) groups is 1. The third-order valence-electron chi connectivity index (χ3n) is 4.49. The molecule has 1 heterocycles. The van der Waals surface area contributed by atoms with Crippen LogP contribution in [0.25, 0.3) is 0 Å². The summed E-state index contributed by atoms with van der Waals surface area (Å²) in [7, 11) is 0. The number of hydrogen-bond donors (Lipinski definition) is 2. The van der Waals surface area contributed by atoms with Gasteiger partial charge in [-0.15, -0.1) is 0 Å². The number of anilines is 1. The van der Waals surface area contributed by atoms with Gasteiger partial charge < -0.3 is 15.3 Å². The van der Waals surface area contributed by atoms with Gasteiger partial charge >= 0.3 is 6.03 Å². The summed E-state index contributed by atoms with van der Waals surface area (Å²) in [6, 6.07) is 13.7. The lowest BCUT2D eigenvalue weighted by atomic mass is 9.89. The van der Waals surface area contributed by atoms with Gasteiger partial charge in [0.25, 0.3) is 0 Å². The molecule has 1 fully saturated rings. The van der Waals surface area contributed by atoms with E-state index in [1.165, 1.54) is 17.7 Å². The summed E-state index contributed by atoms with van der Waals surface area (Å²) < 4.78 is 13.2. The van der Waals surface area contributed by atoms with Crippen LogP contribution in [-0.4, -0.2) is 29.1 Å². The van der Waals surface area contributed by atoms with E-state index in [0.29, 0.717) is 24.7 Å². The fourth-order valence-corrected chi connectivity index (χ4v) is 3.08. The number of piperidine rings is 1. The minimum absolute atomic E-state index is 0.0545. The Labute approximate surface area is 140 Å². The molecule has 2 aromatic rings. The maximum atomic E-state index is 13.2. The van der Waals surface area contributed by atoms with Crippen LogP contribution in [-0.2, 0) is 6.61 Å².